The van der Waals surface area contributed by atoms with Crippen LogP contribution in [0.3, 0.4) is 0 Å². The van der Waals surface area contributed by atoms with Crippen molar-refractivity contribution in [1.29, 1.82) is 0 Å². The van der Waals surface area contributed by atoms with Gasteiger partial charge in [0.05, 0.1) is 12.6 Å². The van der Waals surface area contributed by atoms with Gasteiger partial charge in [-0.15, -0.1) is 0 Å². The van der Waals surface area contributed by atoms with Crippen molar-refractivity contribution in [3.05, 3.63) is 55.1 Å². The maximum atomic E-state index is 4.61. The molecular weight excluding hydrogens is 198 g/mol. The Hall–Kier alpha value is -2.16. The van der Waals surface area contributed by atoms with E-state index in [1.54, 1.807) is 0 Å². The molecule has 0 atom stereocenters. The maximum Gasteiger partial charge on any atom is 0.250 e. The van der Waals surface area contributed by atoms with Crippen LogP contribution in [0.2, 0.25) is 0 Å². The molecule has 3 rings (SSSR count). The summed E-state index contributed by atoms with van der Waals surface area (Å²) < 4.78 is 4.00. The zero-order chi connectivity index (χ0) is 11.0. The lowest BCUT2D eigenvalue weighted by Crippen LogP contribution is -2.23. The molecule has 0 spiro atoms. The predicted octanol–water partition coefficient (Wildman–Crippen LogP) is 1.85. The number of pyridine rings is 1. The van der Waals surface area contributed by atoms with Crippen LogP contribution in [0.4, 0.5) is 0 Å². The molecule has 0 aliphatic heterocycles. The number of hydrogen-bond acceptors (Lipinski definition) is 1. The Morgan fingerprint density at radius 1 is 1.12 bits per heavy atom. The first-order valence-corrected chi connectivity index (χ1v) is 5.22. The zero-order valence-corrected chi connectivity index (χ0v) is 9.04. The van der Waals surface area contributed by atoms with E-state index in [1.165, 1.54) is 5.39 Å². The van der Waals surface area contributed by atoms with Gasteiger partial charge in [-0.2, -0.15) is 4.57 Å². The van der Waals surface area contributed by atoms with Gasteiger partial charge in [0.2, 0.25) is 12.1 Å². The summed E-state index contributed by atoms with van der Waals surface area (Å²) in [5, 5.41) is 1.17. The van der Waals surface area contributed by atoms with Crippen molar-refractivity contribution in [2.45, 2.75) is 0 Å². The van der Waals surface area contributed by atoms with E-state index in [0.717, 1.165) is 11.3 Å². The smallest absolute Gasteiger partial charge is 0.239 e. The van der Waals surface area contributed by atoms with Crippen molar-refractivity contribution in [3.8, 4) is 5.82 Å². The lowest BCUT2D eigenvalue weighted by atomic mass is 10.2. The highest BCUT2D eigenvalue weighted by molar-refractivity contribution is 5.79. The summed E-state index contributed by atoms with van der Waals surface area (Å²) in [5.41, 5.74) is 1.02. The summed E-state index contributed by atoms with van der Waals surface area (Å²) in [6.07, 6.45) is 5.99. The van der Waals surface area contributed by atoms with E-state index in [9.17, 15) is 0 Å². The SMILES string of the molecule is C[n+]1ccn(-c2ccc3ccccc3n2)c1. The molecule has 0 fully saturated rings. The van der Waals surface area contributed by atoms with Crippen molar-refractivity contribution in [2.75, 3.05) is 0 Å². The summed E-state index contributed by atoms with van der Waals surface area (Å²) in [6, 6.07) is 12.3. The fourth-order valence-electron chi connectivity index (χ4n) is 1.78. The van der Waals surface area contributed by atoms with Crippen molar-refractivity contribution in [1.82, 2.24) is 9.55 Å². The van der Waals surface area contributed by atoms with Crippen LogP contribution in [0.1, 0.15) is 0 Å². The molecule has 2 aromatic heterocycles. The molecule has 1 aromatic carbocycles. The molecule has 0 aliphatic carbocycles. The molecule has 3 heteroatoms. The number of fused-ring (bicyclic) bond motifs is 1. The minimum atomic E-state index is 0.944. The van der Waals surface area contributed by atoms with Crippen LogP contribution in [-0.4, -0.2) is 9.55 Å². The number of aromatic nitrogens is 3. The van der Waals surface area contributed by atoms with E-state index >= 15 is 0 Å². The molecule has 0 saturated heterocycles. The average Bonchev–Trinajstić information content (AvgIpc) is 2.75. The number of hydrogen-bond donors (Lipinski definition) is 0. The largest absolute Gasteiger partial charge is 0.250 e. The van der Waals surface area contributed by atoms with Gasteiger partial charge in [0.1, 0.15) is 12.4 Å². The Kier molecular flexibility index (Phi) is 1.96. The van der Waals surface area contributed by atoms with E-state index in [1.807, 2.05) is 59.2 Å². The Balaban J connectivity index is 2.18. The lowest BCUT2D eigenvalue weighted by molar-refractivity contribution is -0.670. The first kappa shape index (κ1) is 9.09. The van der Waals surface area contributed by atoms with Crippen molar-refractivity contribution >= 4 is 10.9 Å². The van der Waals surface area contributed by atoms with E-state index in [4.69, 9.17) is 0 Å². The van der Waals surface area contributed by atoms with Crippen LogP contribution in [0.15, 0.2) is 55.1 Å². The summed E-state index contributed by atoms with van der Waals surface area (Å²) in [4.78, 5) is 4.61. The second-order valence-corrected chi connectivity index (χ2v) is 3.85. The summed E-state index contributed by atoms with van der Waals surface area (Å²) in [7, 11) is 2.00. The number of aryl methyl sites for hydroxylation is 1. The zero-order valence-electron chi connectivity index (χ0n) is 9.04. The molecule has 0 bridgehead atoms. The fourth-order valence-corrected chi connectivity index (χ4v) is 1.78. The molecule has 0 N–H and O–H groups in total. The third-order valence-electron chi connectivity index (χ3n) is 2.62. The average molecular weight is 210 g/mol. The Morgan fingerprint density at radius 3 is 2.81 bits per heavy atom. The number of para-hydroxylation sites is 1. The lowest BCUT2D eigenvalue weighted by Gasteiger charge is -1.98. The van der Waals surface area contributed by atoms with Gasteiger partial charge in [-0.05, 0) is 12.1 Å². The molecule has 3 aromatic rings. The van der Waals surface area contributed by atoms with E-state index in [2.05, 4.69) is 17.1 Å². The van der Waals surface area contributed by atoms with Crippen LogP contribution in [-0.2, 0) is 7.05 Å². The van der Waals surface area contributed by atoms with Crippen LogP contribution in [0.25, 0.3) is 16.7 Å². The third kappa shape index (κ3) is 1.46. The third-order valence-corrected chi connectivity index (χ3v) is 2.62. The Morgan fingerprint density at radius 2 is 2.00 bits per heavy atom. The molecule has 16 heavy (non-hydrogen) atoms. The van der Waals surface area contributed by atoms with Gasteiger partial charge >= 0.3 is 0 Å². The molecule has 0 aliphatic rings. The minimum absolute atomic E-state index is 0.944. The van der Waals surface area contributed by atoms with Crippen molar-refractivity contribution in [2.24, 2.45) is 7.05 Å². The molecule has 0 saturated carbocycles. The molecule has 0 amide bonds. The van der Waals surface area contributed by atoms with E-state index in [0.29, 0.717) is 0 Å². The van der Waals surface area contributed by atoms with Crippen molar-refractivity contribution in [3.63, 3.8) is 0 Å². The number of benzene rings is 1. The van der Waals surface area contributed by atoms with Gasteiger partial charge in [0.15, 0.2) is 0 Å². The minimum Gasteiger partial charge on any atom is -0.239 e. The Labute approximate surface area is 93.6 Å². The van der Waals surface area contributed by atoms with Gasteiger partial charge in [-0.1, -0.05) is 18.2 Å². The summed E-state index contributed by atoms with van der Waals surface area (Å²) in [6.45, 7) is 0. The first-order chi connectivity index (χ1) is 7.83. The number of rotatable bonds is 1. The predicted molar refractivity (Wildman–Crippen MR) is 62.2 cm³/mol. The van der Waals surface area contributed by atoms with Gasteiger partial charge < -0.3 is 0 Å². The molecular formula is C13H12N3+. The van der Waals surface area contributed by atoms with Gasteiger partial charge in [-0.3, -0.25) is 0 Å². The number of nitrogens with zero attached hydrogens (tertiary/aromatic N) is 3. The fraction of sp³-hybridized carbons (Fsp3) is 0.0769. The highest BCUT2D eigenvalue weighted by atomic mass is 15.1. The first-order valence-electron chi connectivity index (χ1n) is 5.22. The Bertz CT molecular complexity index is 640. The summed E-state index contributed by atoms with van der Waals surface area (Å²) >= 11 is 0. The van der Waals surface area contributed by atoms with Gasteiger partial charge in [-0.25, -0.2) is 9.55 Å². The monoisotopic (exact) mass is 210 g/mol. The normalized spacial score (nSPS) is 10.8. The molecule has 78 valence electrons. The van der Waals surface area contributed by atoms with Gasteiger partial charge in [0.25, 0.3) is 0 Å². The van der Waals surface area contributed by atoms with Gasteiger partial charge in [0, 0.05) is 11.5 Å². The molecule has 2 heterocycles. The van der Waals surface area contributed by atoms with E-state index in [-0.39, 0.29) is 0 Å². The highest BCUT2D eigenvalue weighted by Crippen LogP contribution is 2.13. The molecule has 0 radical (unpaired) electrons. The standard InChI is InChI=1S/C13H12N3/c1-15-8-9-16(10-15)13-7-6-11-4-2-3-5-12(11)14-13/h2-10H,1H3/q+1. The highest BCUT2D eigenvalue weighted by Gasteiger charge is 2.05. The topological polar surface area (TPSA) is 21.7 Å². The van der Waals surface area contributed by atoms with E-state index < -0.39 is 0 Å². The molecule has 3 nitrogen and oxygen atoms in total. The van der Waals surface area contributed by atoms with Crippen LogP contribution >= 0.6 is 0 Å². The second kappa shape index (κ2) is 3.45. The summed E-state index contributed by atoms with van der Waals surface area (Å²) in [5.74, 6) is 0.944. The van der Waals surface area contributed by atoms with Crippen molar-refractivity contribution < 1.29 is 4.57 Å². The quantitative estimate of drug-likeness (QED) is 0.562. The second-order valence-electron chi connectivity index (χ2n) is 3.85. The van der Waals surface area contributed by atoms with Crippen LogP contribution < -0.4 is 4.57 Å². The number of imidazole rings is 1. The van der Waals surface area contributed by atoms with Crippen LogP contribution in [0, 0.1) is 0 Å². The molecule has 0 unspecified atom stereocenters. The van der Waals surface area contributed by atoms with Crippen LogP contribution in [0.5, 0.6) is 0 Å². The maximum absolute atomic E-state index is 4.61.